The van der Waals surface area contributed by atoms with Crippen molar-refractivity contribution in [3.63, 3.8) is 0 Å². The van der Waals surface area contributed by atoms with Crippen molar-refractivity contribution in [2.45, 2.75) is 23.6 Å². The minimum atomic E-state index is 0.405. The number of nitrogens with one attached hydrogen (secondary N) is 1. The molecule has 1 unspecified atom stereocenters. The van der Waals surface area contributed by atoms with Gasteiger partial charge in [-0.05, 0) is 43.3 Å². The van der Waals surface area contributed by atoms with E-state index in [-0.39, 0.29) is 0 Å². The predicted molar refractivity (Wildman–Crippen MR) is 87.6 cm³/mol. The minimum absolute atomic E-state index is 0.405. The van der Waals surface area contributed by atoms with Crippen molar-refractivity contribution in [3.05, 3.63) is 64.1 Å². The third-order valence-corrected chi connectivity index (χ3v) is 5.00. The Kier molecular flexibility index (Phi) is 5.49. The summed E-state index contributed by atoms with van der Waals surface area (Å²) in [6, 6.07) is 17.6. The van der Waals surface area contributed by atoms with Crippen LogP contribution in [-0.4, -0.2) is 7.05 Å². The lowest BCUT2D eigenvalue weighted by Gasteiger charge is -2.11. The van der Waals surface area contributed by atoms with Crippen molar-refractivity contribution in [1.29, 1.82) is 0 Å². The number of hydrogen-bond acceptors (Lipinski definition) is 2. The molecule has 0 amide bonds. The summed E-state index contributed by atoms with van der Waals surface area (Å²) in [5.41, 5.74) is 2.66. The average molecular weight is 336 g/mol. The van der Waals surface area contributed by atoms with Gasteiger partial charge in [-0.15, -0.1) is 11.8 Å². The summed E-state index contributed by atoms with van der Waals surface area (Å²) >= 11 is 5.45. The van der Waals surface area contributed by atoms with Crippen molar-refractivity contribution < 1.29 is 0 Å². The monoisotopic (exact) mass is 335 g/mol. The molecule has 0 aliphatic carbocycles. The number of benzene rings is 2. The van der Waals surface area contributed by atoms with Crippen LogP contribution in [0.4, 0.5) is 0 Å². The third-order valence-electron chi connectivity index (χ3n) is 3.17. The van der Waals surface area contributed by atoms with Crippen LogP contribution in [0.5, 0.6) is 0 Å². The molecule has 0 aliphatic heterocycles. The normalized spacial score (nSPS) is 12.4. The maximum Gasteiger partial charge on any atom is 0.0289 e. The second-order valence-corrected chi connectivity index (χ2v) is 6.36. The molecule has 0 heterocycles. The Labute approximate surface area is 127 Å². The van der Waals surface area contributed by atoms with Gasteiger partial charge < -0.3 is 5.32 Å². The van der Waals surface area contributed by atoms with Crippen LogP contribution in [-0.2, 0) is 5.75 Å². The number of hydrogen-bond donors (Lipinski definition) is 1. The zero-order valence-electron chi connectivity index (χ0n) is 11.2. The van der Waals surface area contributed by atoms with Gasteiger partial charge >= 0.3 is 0 Å². The zero-order valence-corrected chi connectivity index (χ0v) is 13.6. The van der Waals surface area contributed by atoms with Gasteiger partial charge in [-0.25, -0.2) is 0 Å². The molecule has 0 fully saturated rings. The molecular formula is C16H18BrNS. The fourth-order valence-corrected chi connectivity index (χ4v) is 3.31. The highest BCUT2D eigenvalue weighted by molar-refractivity contribution is 9.10. The van der Waals surface area contributed by atoms with E-state index in [0.29, 0.717) is 6.04 Å². The molecule has 0 aromatic heterocycles. The Hall–Kier alpha value is -0.770. The highest BCUT2D eigenvalue weighted by atomic mass is 79.9. The largest absolute Gasteiger partial charge is 0.313 e. The molecule has 2 aromatic rings. The summed E-state index contributed by atoms with van der Waals surface area (Å²) in [5, 5.41) is 3.25. The van der Waals surface area contributed by atoms with Gasteiger partial charge in [0.2, 0.25) is 0 Å². The first-order valence-electron chi connectivity index (χ1n) is 6.34. The Morgan fingerprint density at radius 3 is 2.42 bits per heavy atom. The van der Waals surface area contributed by atoms with E-state index in [9.17, 15) is 0 Å². The molecule has 19 heavy (non-hydrogen) atoms. The van der Waals surface area contributed by atoms with Crippen LogP contribution in [0.15, 0.2) is 57.9 Å². The highest BCUT2D eigenvalue weighted by Crippen LogP contribution is 2.27. The Bertz CT molecular complexity index is 525. The van der Waals surface area contributed by atoms with Crippen LogP contribution in [0.3, 0.4) is 0 Å². The molecule has 0 aliphatic rings. The van der Waals surface area contributed by atoms with Crippen LogP contribution >= 0.6 is 27.7 Å². The zero-order chi connectivity index (χ0) is 13.7. The lowest BCUT2D eigenvalue weighted by atomic mass is 10.1. The van der Waals surface area contributed by atoms with E-state index in [0.717, 1.165) is 5.75 Å². The molecular weight excluding hydrogens is 318 g/mol. The molecule has 0 radical (unpaired) electrons. The van der Waals surface area contributed by atoms with Gasteiger partial charge in [0.15, 0.2) is 0 Å². The van der Waals surface area contributed by atoms with Gasteiger partial charge in [0.05, 0.1) is 0 Å². The second-order valence-electron chi connectivity index (χ2n) is 4.46. The van der Waals surface area contributed by atoms with Crippen LogP contribution in [0, 0.1) is 0 Å². The fourth-order valence-electron chi connectivity index (χ4n) is 1.80. The fraction of sp³-hybridized carbons (Fsp3) is 0.250. The summed E-state index contributed by atoms with van der Waals surface area (Å²) in [6.45, 7) is 2.17. The lowest BCUT2D eigenvalue weighted by Crippen LogP contribution is -2.11. The summed E-state index contributed by atoms with van der Waals surface area (Å²) in [7, 11) is 1.99. The van der Waals surface area contributed by atoms with Gasteiger partial charge in [0.25, 0.3) is 0 Å². The van der Waals surface area contributed by atoms with E-state index < -0.39 is 0 Å². The van der Waals surface area contributed by atoms with E-state index in [1.54, 1.807) is 0 Å². The standard InChI is InChI=1S/C16H18BrNS/c1-12(18-2)13-7-9-15(10-8-13)19-11-14-5-3-4-6-16(14)17/h3-10,12,18H,11H2,1-2H3. The molecule has 2 aromatic carbocycles. The molecule has 1 N–H and O–H groups in total. The first-order chi connectivity index (χ1) is 9.20. The van der Waals surface area contributed by atoms with Gasteiger partial charge in [0.1, 0.15) is 0 Å². The van der Waals surface area contributed by atoms with Crippen molar-refractivity contribution in [3.8, 4) is 0 Å². The van der Waals surface area contributed by atoms with Crippen molar-refractivity contribution in [2.24, 2.45) is 0 Å². The van der Waals surface area contributed by atoms with Crippen LogP contribution < -0.4 is 5.32 Å². The molecule has 0 spiro atoms. The van der Waals surface area contributed by atoms with Crippen LogP contribution in [0.1, 0.15) is 24.1 Å². The maximum absolute atomic E-state index is 3.59. The second kappa shape index (κ2) is 7.13. The highest BCUT2D eigenvalue weighted by Gasteiger charge is 2.03. The van der Waals surface area contributed by atoms with Gasteiger partial charge in [-0.2, -0.15) is 0 Å². The Morgan fingerprint density at radius 2 is 1.79 bits per heavy atom. The molecule has 100 valence electrons. The van der Waals surface area contributed by atoms with Crippen molar-refractivity contribution in [2.75, 3.05) is 7.05 Å². The van der Waals surface area contributed by atoms with Crippen LogP contribution in [0.2, 0.25) is 0 Å². The van der Waals surface area contributed by atoms with Crippen molar-refractivity contribution in [1.82, 2.24) is 5.32 Å². The molecule has 0 saturated heterocycles. The van der Waals surface area contributed by atoms with Crippen molar-refractivity contribution >= 4 is 27.7 Å². The first kappa shape index (κ1) is 14.6. The van der Waals surface area contributed by atoms with Crippen LogP contribution in [0.25, 0.3) is 0 Å². The van der Waals surface area contributed by atoms with E-state index in [4.69, 9.17) is 0 Å². The number of rotatable bonds is 5. The van der Waals surface area contributed by atoms with E-state index in [1.165, 1.54) is 20.5 Å². The molecule has 2 rings (SSSR count). The quantitative estimate of drug-likeness (QED) is 0.769. The molecule has 0 bridgehead atoms. The summed E-state index contributed by atoms with van der Waals surface area (Å²) < 4.78 is 1.18. The topological polar surface area (TPSA) is 12.0 Å². The first-order valence-corrected chi connectivity index (χ1v) is 8.12. The molecule has 0 saturated carbocycles. The molecule has 3 heteroatoms. The Balaban J connectivity index is 1.99. The SMILES string of the molecule is CNC(C)c1ccc(SCc2ccccc2Br)cc1. The molecule has 1 atom stereocenters. The van der Waals surface area contributed by atoms with Gasteiger partial charge in [-0.3, -0.25) is 0 Å². The Morgan fingerprint density at radius 1 is 1.11 bits per heavy atom. The third kappa shape index (κ3) is 4.10. The van der Waals surface area contributed by atoms with E-state index >= 15 is 0 Å². The summed E-state index contributed by atoms with van der Waals surface area (Å²) in [6.07, 6.45) is 0. The smallest absolute Gasteiger partial charge is 0.0289 e. The summed E-state index contributed by atoms with van der Waals surface area (Å²) in [5.74, 6) is 0.988. The van der Waals surface area contributed by atoms with E-state index in [1.807, 2.05) is 24.9 Å². The minimum Gasteiger partial charge on any atom is -0.313 e. The van der Waals surface area contributed by atoms with Gasteiger partial charge in [-0.1, -0.05) is 46.3 Å². The predicted octanol–water partition coefficient (Wildman–Crippen LogP) is 5.02. The molecule has 1 nitrogen and oxygen atoms in total. The average Bonchev–Trinajstić information content (AvgIpc) is 2.46. The summed E-state index contributed by atoms with van der Waals surface area (Å²) in [4.78, 5) is 1.31. The van der Waals surface area contributed by atoms with Gasteiger partial charge in [0, 0.05) is 21.2 Å². The lowest BCUT2D eigenvalue weighted by molar-refractivity contribution is 0.652. The number of thioether (sulfide) groups is 1. The maximum atomic E-state index is 3.59. The van der Waals surface area contributed by atoms with E-state index in [2.05, 4.69) is 70.6 Å². The number of halogens is 1.